The number of nitrogens with one attached hydrogen (secondary N) is 2. The monoisotopic (exact) mass is 345 g/mol. The Morgan fingerprint density at radius 3 is 2.25 bits per heavy atom. The van der Waals surface area contributed by atoms with Gasteiger partial charge in [-0.25, -0.2) is 9.18 Å². The molecule has 0 aromatic rings. The van der Waals surface area contributed by atoms with Gasteiger partial charge in [-0.3, -0.25) is 14.4 Å². The van der Waals surface area contributed by atoms with E-state index in [0.29, 0.717) is 0 Å². The quantitative estimate of drug-likeness (QED) is 0.390. The summed E-state index contributed by atoms with van der Waals surface area (Å²) in [6.07, 6.45) is -2.14. The van der Waals surface area contributed by atoms with Crippen molar-refractivity contribution in [2.24, 2.45) is 23.5 Å². The van der Waals surface area contributed by atoms with Gasteiger partial charge in [0, 0.05) is 5.92 Å². The molecule has 2 fully saturated rings. The third-order valence-corrected chi connectivity index (χ3v) is 4.80. The molecule has 134 valence electrons. The van der Waals surface area contributed by atoms with E-state index in [1.54, 1.807) is 0 Å². The van der Waals surface area contributed by atoms with Gasteiger partial charge in [0.25, 0.3) is 0 Å². The standard InChI is InChI=1S/C14H20FN3O6/c1-4(16)10(19)17-5(2)11(20)18-14(13(23)24)7(15)3-6-8(9(6)14)12(21)22/h4-9H,3,16H2,1-2H3,(H,17,19)(H,18,20)(H,21,22)(H,23,24)/t4-,5-,6-,7-,8-,9-,14-/m0/s1. The number of aliphatic carboxylic acids is 2. The lowest BCUT2D eigenvalue weighted by molar-refractivity contribution is -0.153. The van der Waals surface area contributed by atoms with Gasteiger partial charge in [0.15, 0.2) is 5.54 Å². The Labute approximate surface area is 136 Å². The first-order chi connectivity index (χ1) is 11.0. The first-order valence-electron chi connectivity index (χ1n) is 7.52. The zero-order valence-electron chi connectivity index (χ0n) is 13.2. The second kappa shape index (κ2) is 6.00. The summed E-state index contributed by atoms with van der Waals surface area (Å²) in [7, 11) is 0. The lowest BCUT2D eigenvalue weighted by Gasteiger charge is -2.32. The number of rotatable bonds is 6. The molecule has 2 saturated carbocycles. The predicted molar refractivity (Wildman–Crippen MR) is 77.4 cm³/mol. The minimum Gasteiger partial charge on any atom is -0.481 e. The van der Waals surface area contributed by atoms with Crippen molar-refractivity contribution < 1.29 is 33.8 Å². The number of carboxylic acid groups (broad SMARTS) is 2. The van der Waals surface area contributed by atoms with Crippen molar-refractivity contribution in [2.75, 3.05) is 0 Å². The maximum absolute atomic E-state index is 14.3. The van der Waals surface area contributed by atoms with Crippen molar-refractivity contribution in [3.8, 4) is 0 Å². The van der Waals surface area contributed by atoms with E-state index in [2.05, 4.69) is 10.6 Å². The van der Waals surface area contributed by atoms with Gasteiger partial charge in [0.1, 0.15) is 12.2 Å². The van der Waals surface area contributed by atoms with Crippen LogP contribution in [0.15, 0.2) is 0 Å². The number of carbonyl (C=O) groups is 4. The van der Waals surface area contributed by atoms with Crippen LogP contribution in [0.5, 0.6) is 0 Å². The van der Waals surface area contributed by atoms with Gasteiger partial charge in [-0.2, -0.15) is 0 Å². The van der Waals surface area contributed by atoms with E-state index in [1.807, 2.05) is 0 Å². The van der Waals surface area contributed by atoms with Gasteiger partial charge >= 0.3 is 11.9 Å². The Morgan fingerprint density at radius 1 is 1.21 bits per heavy atom. The minimum absolute atomic E-state index is 0.241. The number of alkyl halides is 1. The Balaban J connectivity index is 2.17. The van der Waals surface area contributed by atoms with Gasteiger partial charge in [0.05, 0.1) is 12.0 Å². The van der Waals surface area contributed by atoms with Crippen LogP contribution < -0.4 is 16.4 Å². The average Bonchev–Trinajstić information content (AvgIpc) is 3.10. The van der Waals surface area contributed by atoms with Crippen molar-refractivity contribution >= 4 is 23.8 Å². The van der Waals surface area contributed by atoms with Crippen LogP contribution >= 0.6 is 0 Å². The van der Waals surface area contributed by atoms with Crippen LogP contribution in [0.3, 0.4) is 0 Å². The topological polar surface area (TPSA) is 159 Å². The SMILES string of the molecule is C[C@H](N)C(=O)N[C@@H](C)C(=O)N[C@]1(C(=O)O)[C@H]2[C@@H](C[C@@H]1F)[C@@H]2C(=O)O. The second-order valence-electron chi connectivity index (χ2n) is 6.44. The van der Waals surface area contributed by atoms with Crippen LogP contribution in [-0.4, -0.2) is 57.8 Å². The molecule has 0 saturated heterocycles. The molecule has 0 bridgehead atoms. The third-order valence-electron chi connectivity index (χ3n) is 4.80. The Kier molecular flexibility index (Phi) is 4.53. The molecule has 0 unspecified atom stereocenters. The molecule has 7 atom stereocenters. The molecule has 2 rings (SSSR count). The number of hydrogen-bond donors (Lipinski definition) is 5. The van der Waals surface area contributed by atoms with Gasteiger partial charge in [-0.05, 0) is 26.2 Å². The molecular formula is C14H20FN3O6. The van der Waals surface area contributed by atoms with Crippen LogP contribution in [-0.2, 0) is 19.2 Å². The summed E-state index contributed by atoms with van der Waals surface area (Å²) in [5, 5.41) is 23.0. The molecule has 6 N–H and O–H groups in total. The number of amides is 2. The molecule has 24 heavy (non-hydrogen) atoms. The van der Waals surface area contributed by atoms with Crippen LogP contribution in [0.25, 0.3) is 0 Å². The fraction of sp³-hybridized carbons (Fsp3) is 0.714. The normalized spacial score (nSPS) is 36.2. The van der Waals surface area contributed by atoms with Crippen molar-refractivity contribution in [3.63, 3.8) is 0 Å². The van der Waals surface area contributed by atoms with E-state index >= 15 is 0 Å². The predicted octanol–water partition coefficient (Wildman–Crippen LogP) is -1.53. The highest BCUT2D eigenvalue weighted by atomic mass is 19.1. The van der Waals surface area contributed by atoms with Crippen molar-refractivity contribution in [3.05, 3.63) is 0 Å². The summed E-state index contributed by atoms with van der Waals surface area (Å²) in [4.78, 5) is 46.5. The van der Waals surface area contributed by atoms with Crippen LogP contribution in [0, 0.1) is 17.8 Å². The zero-order chi connectivity index (χ0) is 18.4. The molecule has 2 aliphatic carbocycles. The molecule has 0 aromatic carbocycles. The molecule has 0 aliphatic heterocycles. The van der Waals surface area contributed by atoms with E-state index in [0.717, 1.165) is 0 Å². The fourth-order valence-corrected chi connectivity index (χ4v) is 3.47. The van der Waals surface area contributed by atoms with E-state index in [4.69, 9.17) is 10.8 Å². The second-order valence-corrected chi connectivity index (χ2v) is 6.44. The highest BCUT2D eigenvalue weighted by Gasteiger charge is 2.76. The molecule has 10 heteroatoms. The number of halogens is 1. The maximum atomic E-state index is 14.3. The summed E-state index contributed by atoms with van der Waals surface area (Å²) >= 11 is 0. The van der Waals surface area contributed by atoms with Gasteiger partial charge in [-0.15, -0.1) is 0 Å². The average molecular weight is 345 g/mol. The number of carbonyl (C=O) groups excluding carboxylic acids is 2. The molecule has 0 aromatic heterocycles. The van der Waals surface area contributed by atoms with Gasteiger partial charge < -0.3 is 26.6 Å². The lowest BCUT2D eigenvalue weighted by Crippen LogP contribution is -2.64. The highest BCUT2D eigenvalue weighted by Crippen LogP contribution is 2.63. The fourth-order valence-electron chi connectivity index (χ4n) is 3.47. The van der Waals surface area contributed by atoms with E-state index in [9.17, 15) is 28.7 Å². The van der Waals surface area contributed by atoms with E-state index < -0.39 is 65.3 Å². The summed E-state index contributed by atoms with van der Waals surface area (Å²) in [6.45, 7) is 2.70. The molecule has 0 spiro atoms. The number of fused-ring (bicyclic) bond motifs is 1. The van der Waals surface area contributed by atoms with Crippen molar-refractivity contribution in [1.82, 2.24) is 10.6 Å². The summed E-state index contributed by atoms with van der Waals surface area (Å²) in [6, 6.07) is -2.02. The molecular weight excluding hydrogens is 325 g/mol. The summed E-state index contributed by atoms with van der Waals surface area (Å²) < 4.78 is 14.3. The minimum atomic E-state index is -2.29. The number of carboxylic acids is 2. The van der Waals surface area contributed by atoms with E-state index in [-0.39, 0.29) is 6.42 Å². The summed E-state index contributed by atoms with van der Waals surface area (Å²) in [5.41, 5.74) is 3.07. The first-order valence-corrected chi connectivity index (χ1v) is 7.52. The number of hydrogen-bond acceptors (Lipinski definition) is 5. The summed E-state index contributed by atoms with van der Waals surface area (Å²) in [5.74, 6) is -7.00. The molecule has 0 heterocycles. The largest absolute Gasteiger partial charge is 0.481 e. The lowest BCUT2D eigenvalue weighted by atomic mass is 9.88. The third kappa shape index (κ3) is 2.70. The van der Waals surface area contributed by atoms with Crippen molar-refractivity contribution in [1.29, 1.82) is 0 Å². The molecule has 2 amide bonds. The van der Waals surface area contributed by atoms with Gasteiger partial charge in [0.2, 0.25) is 11.8 Å². The van der Waals surface area contributed by atoms with Crippen LogP contribution in [0.2, 0.25) is 0 Å². The molecule has 2 aliphatic rings. The van der Waals surface area contributed by atoms with E-state index in [1.165, 1.54) is 13.8 Å². The maximum Gasteiger partial charge on any atom is 0.332 e. The van der Waals surface area contributed by atoms with Crippen LogP contribution in [0.4, 0.5) is 4.39 Å². The molecule has 9 nitrogen and oxygen atoms in total. The Hall–Kier alpha value is -2.23. The Morgan fingerprint density at radius 2 is 1.79 bits per heavy atom. The Bertz CT molecular complexity index is 597. The van der Waals surface area contributed by atoms with Gasteiger partial charge in [-0.1, -0.05) is 0 Å². The smallest absolute Gasteiger partial charge is 0.332 e. The zero-order valence-corrected chi connectivity index (χ0v) is 13.2. The number of nitrogens with two attached hydrogens (primary N) is 1. The van der Waals surface area contributed by atoms with Crippen molar-refractivity contribution in [2.45, 2.75) is 44.1 Å². The van der Waals surface area contributed by atoms with Crippen LogP contribution in [0.1, 0.15) is 20.3 Å². The molecule has 0 radical (unpaired) electrons. The first kappa shape index (κ1) is 18.1. The highest BCUT2D eigenvalue weighted by molar-refractivity contribution is 5.95.